The van der Waals surface area contributed by atoms with Gasteiger partial charge in [0.1, 0.15) is 0 Å². The number of allylic oxidation sites excluding steroid dienone is 1. The van der Waals surface area contributed by atoms with Crippen LogP contribution >= 0.6 is 0 Å². The number of hydrogen-bond acceptors (Lipinski definition) is 1. The highest BCUT2D eigenvalue weighted by Gasteiger charge is 2.16. The fourth-order valence-electron chi connectivity index (χ4n) is 2.76. The Labute approximate surface area is 119 Å². The van der Waals surface area contributed by atoms with Gasteiger partial charge in [-0.25, -0.2) is 0 Å². The third kappa shape index (κ3) is 5.20. The minimum Gasteiger partial charge on any atom is -0.299 e. The summed E-state index contributed by atoms with van der Waals surface area (Å²) in [4.78, 5) is 2.57. The van der Waals surface area contributed by atoms with Gasteiger partial charge in [-0.05, 0) is 58.6 Å². The Morgan fingerprint density at radius 2 is 1.63 bits per heavy atom. The van der Waals surface area contributed by atoms with Crippen molar-refractivity contribution in [1.29, 1.82) is 0 Å². The molecule has 0 amide bonds. The molecule has 0 N–H and O–H groups in total. The van der Waals surface area contributed by atoms with E-state index in [1.165, 1.54) is 12.0 Å². The summed E-state index contributed by atoms with van der Waals surface area (Å²) in [6.45, 7) is 14.2. The van der Waals surface area contributed by atoms with Crippen LogP contribution in [0.25, 0.3) is 0 Å². The topological polar surface area (TPSA) is 3.24 Å². The summed E-state index contributed by atoms with van der Waals surface area (Å²) in [5.74, 6) is 0.596. The van der Waals surface area contributed by atoms with Gasteiger partial charge in [0.25, 0.3) is 0 Å². The summed E-state index contributed by atoms with van der Waals surface area (Å²) < 4.78 is 0. The molecule has 1 aromatic carbocycles. The highest BCUT2D eigenvalue weighted by atomic mass is 15.2. The van der Waals surface area contributed by atoms with Crippen LogP contribution in [0, 0.1) is 0 Å². The quantitative estimate of drug-likeness (QED) is 0.603. The van der Waals surface area contributed by atoms with E-state index >= 15 is 0 Å². The van der Waals surface area contributed by atoms with Crippen molar-refractivity contribution in [2.24, 2.45) is 0 Å². The van der Waals surface area contributed by atoms with Gasteiger partial charge in [-0.15, -0.1) is 6.58 Å². The highest BCUT2D eigenvalue weighted by Crippen LogP contribution is 2.24. The van der Waals surface area contributed by atoms with Crippen LogP contribution in [-0.2, 0) is 0 Å². The van der Waals surface area contributed by atoms with Crippen LogP contribution in [0.5, 0.6) is 0 Å². The van der Waals surface area contributed by atoms with Crippen molar-refractivity contribution >= 4 is 0 Å². The molecule has 0 aliphatic rings. The number of hydrogen-bond donors (Lipinski definition) is 0. The zero-order chi connectivity index (χ0) is 14.3. The van der Waals surface area contributed by atoms with Crippen molar-refractivity contribution in [2.75, 3.05) is 6.54 Å². The Bertz CT molecular complexity index is 345. The van der Waals surface area contributed by atoms with Crippen molar-refractivity contribution in [3.05, 3.63) is 48.6 Å². The normalized spacial score (nSPS) is 13.2. The molecular formula is C18H29N. The second-order valence-corrected chi connectivity index (χ2v) is 5.85. The molecular weight excluding hydrogens is 230 g/mol. The highest BCUT2D eigenvalue weighted by molar-refractivity contribution is 5.20. The van der Waals surface area contributed by atoms with E-state index in [0.29, 0.717) is 18.0 Å². The predicted octanol–water partition coefficient (Wildman–Crippen LogP) is 4.86. The lowest BCUT2D eigenvalue weighted by molar-refractivity contribution is 0.168. The van der Waals surface area contributed by atoms with Crippen LogP contribution in [-0.4, -0.2) is 23.5 Å². The van der Waals surface area contributed by atoms with Gasteiger partial charge < -0.3 is 0 Å². The molecule has 1 aromatic rings. The van der Waals surface area contributed by atoms with Crippen LogP contribution in [0.15, 0.2) is 43.0 Å². The first-order valence-electron chi connectivity index (χ1n) is 7.47. The molecule has 0 aliphatic heterocycles. The van der Waals surface area contributed by atoms with E-state index in [9.17, 15) is 0 Å². The summed E-state index contributed by atoms with van der Waals surface area (Å²) in [7, 11) is 0. The number of benzene rings is 1. The molecule has 1 atom stereocenters. The van der Waals surface area contributed by atoms with Crippen LogP contribution in [0.2, 0.25) is 0 Å². The van der Waals surface area contributed by atoms with Crippen molar-refractivity contribution < 1.29 is 0 Å². The summed E-state index contributed by atoms with van der Waals surface area (Å²) in [5.41, 5.74) is 1.44. The van der Waals surface area contributed by atoms with E-state index in [1.54, 1.807) is 0 Å². The standard InChI is InChI=1S/C18H29N/c1-6-10-17(18-11-8-7-9-12-18)13-14-19(15(2)3)16(4)5/h6-9,11-12,15-17H,1,10,13-14H2,2-5H3. The van der Waals surface area contributed by atoms with Gasteiger partial charge in [0, 0.05) is 12.1 Å². The van der Waals surface area contributed by atoms with Crippen LogP contribution in [0.4, 0.5) is 0 Å². The number of nitrogens with zero attached hydrogens (tertiary/aromatic N) is 1. The molecule has 106 valence electrons. The molecule has 0 saturated heterocycles. The zero-order valence-corrected chi connectivity index (χ0v) is 13.0. The lowest BCUT2D eigenvalue weighted by Crippen LogP contribution is -2.38. The predicted molar refractivity (Wildman–Crippen MR) is 85.6 cm³/mol. The summed E-state index contributed by atoms with van der Waals surface area (Å²) in [6, 6.07) is 12.1. The molecule has 0 bridgehead atoms. The third-order valence-electron chi connectivity index (χ3n) is 3.78. The minimum atomic E-state index is 0.596. The van der Waals surface area contributed by atoms with Crippen molar-refractivity contribution in [1.82, 2.24) is 4.90 Å². The van der Waals surface area contributed by atoms with Gasteiger partial charge in [-0.3, -0.25) is 4.90 Å². The van der Waals surface area contributed by atoms with E-state index in [4.69, 9.17) is 0 Å². The van der Waals surface area contributed by atoms with Gasteiger partial charge >= 0.3 is 0 Å². The van der Waals surface area contributed by atoms with Gasteiger partial charge in [-0.1, -0.05) is 36.4 Å². The van der Waals surface area contributed by atoms with Gasteiger partial charge in [0.05, 0.1) is 0 Å². The number of rotatable bonds is 8. The van der Waals surface area contributed by atoms with Crippen LogP contribution in [0.1, 0.15) is 52.0 Å². The molecule has 1 unspecified atom stereocenters. The SMILES string of the molecule is C=CCC(CCN(C(C)C)C(C)C)c1ccccc1. The second-order valence-electron chi connectivity index (χ2n) is 5.85. The lowest BCUT2D eigenvalue weighted by Gasteiger charge is -2.32. The fourth-order valence-corrected chi connectivity index (χ4v) is 2.76. The Morgan fingerprint density at radius 1 is 1.05 bits per heavy atom. The maximum absolute atomic E-state index is 3.91. The average molecular weight is 259 g/mol. The maximum Gasteiger partial charge on any atom is 0.00412 e. The first-order chi connectivity index (χ1) is 9.06. The van der Waals surface area contributed by atoms with Gasteiger partial charge in [0.2, 0.25) is 0 Å². The molecule has 19 heavy (non-hydrogen) atoms. The molecule has 0 spiro atoms. The molecule has 1 nitrogen and oxygen atoms in total. The molecule has 0 saturated carbocycles. The Hall–Kier alpha value is -1.08. The second kappa shape index (κ2) is 8.16. The van der Waals surface area contributed by atoms with Crippen LogP contribution in [0.3, 0.4) is 0 Å². The molecule has 0 radical (unpaired) electrons. The molecule has 1 rings (SSSR count). The molecule has 0 fully saturated rings. The Balaban J connectivity index is 2.66. The van der Waals surface area contributed by atoms with Gasteiger partial charge in [0.15, 0.2) is 0 Å². The summed E-state index contributed by atoms with van der Waals surface area (Å²) in [5, 5.41) is 0. The maximum atomic E-state index is 3.91. The molecule has 0 aromatic heterocycles. The largest absolute Gasteiger partial charge is 0.299 e. The van der Waals surface area contributed by atoms with Crippen LogP contribution < -0.4 is 0 Å². The zero-order valence-electron chi connectivity index (χ0n) is 13.0. The van der Waals surface area contributed by atoms with Crippen molar-refractivity contribution in [3.63, 3.8) is 0 Å². The summed E-state index contributed by atoms with van der Waals surface area (Å²) in [6.07, 6.45) is 4.31. The monoisotopic (exact) mass is 259 g/mol. The Kier molecular flexibility index (Phi) is 6.86. The molecule has 0 heterocycles. The van der Waals surface area contributed by atoms with E-state index < -0.39 is 0 Å². The minimum absolute atomic E-state index is 0.596. The fraction of sp³-hybridized carbons (Fsp3) is 0.556. The van der Waals surface area contributed by atoms with Crippen molar-refractivity contribution in [3.8, 4) is 0 Å². The Morgan fingerprint density at radius 3 is 2.11 bits per heavy atom. The van der Waals surface area contributed by atoms with E-state index in [-0.39, 0.29) is 0 Å². The molecule has 0 aliphatic carbocycles. The smallest absolute Gasteiger partial charge is 0.00412 e. The van der Waals surface area contributed by atoms with E-state index in [2.05, 4.69) is 69.5 Å². The first-order valence-corrected chi connectivity index (χ1v) is 7.47. The van der Waals surface area contributed by atoms with E-state index in [1.807, 2.05) is 6.08 Å². The van der Waals surface area contributed by atoms with Crippen molar-refractivity contribution in [2.45, 2.75) is 58.5 Å². The first kappa shape index (κ1) is 16.0. The lowest BCUT2D eigenvalue weighted by atomic mass is 9.92. The molecule has 1 heteroatoms. The third-order valence-corrected chi connectivity index (χ3v) is 3.78. The van der Waals surface area contributed by atoms with E-state index in [0.717, 1.165) is 13.0 Å². The summed E-state index contributed by atoms with van der Waals surface area (Å²) >= 11 is 0. The van der Waals surface area contributed by atoms with Gasteiger partial charge in [-0.2, -0.15) is 0 Å². The average Bonchev–Trinajstić information content (AvgIpc) is 2.38.